The molecule has 21 heavy (non-hydrogen) atoms. The number of hydrogen-bond acceptors (Lipinski definition) is 5. The maximum atomic E-state index is 13.5. The van der Waals surface area contributed by atoms with Crippen molar-refractivity contribution < 1.29 is 13.1 Å². The van der Waals surface area contributed by atoms with E-state index in [4.69, 9.17) is 4.52 Å². The first-order valence-electron chi connectivity index (χ1n) is 6.16. The number of benzene rings is 1. The first kappa shape index (κ1) is 14.1. The molecule has 0 amide bonds. The zero-order chi connectivity index (χ0) is 14.7. The molecule has 0 aliphatic heterocycles. The van der Waals surface area contributed by atoms with Crippen LogP contribution in [0.2, 0.25) is 0 Å². The lowest BCUT2D eigenvalue weighted by atomic mass is 10.2. The van der Waals surface area contributed by atoms with Crippen molar-refractivity contribution in [1.82, 2.24) is 10.1 Å². The Morgan fingerprint density at radius 2 is 2.10 bits per heavy atom. The third kappa shape index (κ3) is 3.43. The van der Waals surface area contributed by atoms with Gasteiger partial charge in [0.2, 0.25) is 11.7 Å². The average molecular weight is 322 g/mol. The number of rotatable bonds is 5. The lowest BCUT2D eigenvalue weighted by molar-refractivity contribution is 0.390. The molecular formula is C14H11FN2O2S2. The highest BCUT2D eigenvalue weighted by atomic mass is 32.2. The van der Waals surface area contributed by atoms with Crippen molar-refractivity contribution in [1.29, 1.82) is 0 Å². The van der Waals surface area contributed by atoms with E-state index >= 15 is 0 Å². The zero-order valence-corrected chi connectivity index (χ0v) is 12.5. The molecule has 4 nitrogen and oxygen atoms in total. The molecule has 0 saturated heterocycles. The first-order valence-corrected chi connectivity index (χ1v) is 8.59. The maximum Gasteiger partial charge on any atom is 0.239 e. The van der Waals surface area contributed by atoms with E-state index < -0.39 is 10.8 Å². The number of hydrogen-bond donors (Lipinski definition) is 0. The van der Waals surface area contributed by atoms with Crippen LogP contribution in [0, 0.1) is 5.82 Å². The van der Waals surface area contributed by atoms with Crippen molar-refractivity contribution in [3.63, 3.8) is 0 Å². The summed E-state index contributed by atoms with van der Waals surface area (Å²) >= 11 is 1.54. The number of aromatic nitrogens is 2. The molecule has 2 aromatic heterocycles. The van der Waals surface area contributed by atoms with Gasteiger partial charge in [-0.2, -0.15) is 16.3 Å². The lowest BCUT2D eigenvalue weighted by Crippen LogP contribution is -2.01. The standard InChI is InChI=1S/C14H11FN2O2S2/c15-12-4-2-1-3-11(12)8-21(18)9-13-16-14(17-19-13)10-5-6-20-7-10/h1-7H,8-9H2/t21-/m1/s1. The summed E-state index contributed by atoms with van der Waals surface area (Å²) in [5.41, 5.74) is 1.29. The second-order valence-corrected chi connectivity index (χ2v) is 6.58. The van der Waals surface area contributed by atoms with Crippen LogP contribution < -0.4 is 0 Å². The third-order valence-corrected chi connectivity index (χ3v) is 4.69. The van der Waals surface area contributed by atoms with Gasteiger partial charge in [-0.3, -0.25) is 4.21 Å². The largest absolute Gasteiger partial charge is 0.338 e. The molecule has 0 unspecified atom stereocenters. The molecule has 1 atom stereocenters. The van der Waals surface area contributed by atoms with Crippen molar-refractivity contribution in [3.8, 4) is 11.4 Å². The Hall–Kier alpha value is -1.86. The van der Waals surface area contributed by atoms with Gasteiger partial charge in [-0.15, -0.1) is 0 Å². The van der Waals surface area contributed by atoms with E-state index in [1.807, 2.05) is 16.8 Å². The van der Waals surface area contributed by atoms with Gasteiger partial charge < -0.3 is 4.52 Å². The summed E-state index contributed by atoms with van der Waals surface area (Å²) in [4.78, 5) is 4.20. The molecule has 3 aromatic rings. The molecular weight excluding hydrogens is 311 g/mol. The summed E-state index contributed by atoms with van der Waals surface area (Å²) in [6, 6.07) is 8.19. The molecule has 0 fully saturated rings. The Kier molecular flexibility index (Phi) is 4.21. The van der Waals surface area contributed by atoms with Gasteiger partial charge in [0.1, 0.15) is 11.6 Å². The predicted molar refractivity (Wildman–Crippen MR) is 79.6 cm³/mol. The minimum atomic E-state index is -1.30. The van der Waals surface area contributed by atoms with E-state index in [1.165, 1.54) is 17.4 Å². The van der Waals surface area contributed by atoms with Crippen LogP contribution >= 0.6 is 11.3 Å². The molecule has 3 rings (SSSR count). The summed E-state index contributed by atoms with van der Waals surface area (Å²) in [6.07, 6.45) is 0. The molecule has 7 heteroatoms. The van der Waals surface area contributed by atoms with Crippen molar-refractivity contribution in [2.45, 2.75) is 11.5 Å². The van der Waals surface area contributed by atoms with Crippen LogP contribution in [0.4, 0.5) is 4.39 Å². The van der Waals surface area contributed by atoms with Crippen LogP contribution in [0.15, 0.2) is 45.6 Å². The van der Waals surface area contributed by atoms with Crippen LogP contribution in [0.5, 0.6) is 0 Å². The van der Waals surface area contributed by atoms with Gasteiger partial charge in [-0.1, -0.05) is 23.4 Å². The van der Waals surface area contributed by atoms with E-state index in [1.54, 1.807) is 18.2 Å². The summed E-state index contributed by atoms with van der Waals surface area (Å²) in [5.74, 6) is 0.671. The molecule has 0 radical (unpaired) electrons. The quantitative estimate of drug-likeness (QED) is 0.722. The fraction of sp³-hybridized carbons (Fsp3) is 0.143. The van der Waals surface area contributed by atoms with E-state index in [0.29, 0.717) is 17.3 Å². The lowest BCUT2D eigenvalue weighted by Gasteiger charge is -2.01. The highest BCUT2D eigenvalue weighted by Crippen LogP contribution is 2.19. The maximum absolute atomic E-state index is 13.5. The highest BCUT2D eigenvalue weighted by Gasteiger charge is 2.13. The second kappa shape index (κ2) is 6.28. The van der Waals surface area contributed by atoms with Crippen molar-refractivity contribution >= 4 is 22.1 Å². The van der Waals surface area contributed by atoms with Gasteiger partial charge >= 0.3 is 0 Å². The van der Waals surface area contributed by atoms with Crippen LogP contribution in [0.3, 0.4) is 0 Å². The van der Waals surface area contributed by atoms with E-state index in [9.17, 15) is 8.60 Å². The summed E-state index contributed by atoms with van der Waals surface area (Å²) in [7, 11) is -1.30. The van der Waals surface area contributed by atoms with Gasteiger partial charge in [-0.05, 0) is 17.5 Å². The molecule has 0 aliphatic carbocycles. The number of nitrogens with zero attached hydrogens (tertiary/aromatic N) is 2. The molecule has 0 aliphatic rings. The Labute approximate surface area is 127 Å². The summed E-state index contributed by atoms with van der Waals surface area (Å²) < 4.78 is 30.6. The normalized spacial score (nSPS) is 12.4. The monoisotopic (exact) mass is 322 g/mol. The number of halogens is 1. The summed E-state index contributed by atoms with van der Waals surface area (Å²) in [5, 5.41) is 7.67. The predicted octanol–water partition coefficient (Wildman–Crippen LogP) is 3.39. The Balaban J connectivity index is 1.67. The fourth-order valence-corrected chi connectivity index (χ4v) is 3.51. The smallest absolute Gasteiger partial charge is 0.239 e. The second-order valence-electron chi connectivity index (χ2n) is 4.34. The molecule has 0 saturated carbocycles. The van der Waals surface area contributed by atoms with Crippen LogP contribution in [-0.2, 0) is 22.3 Å². The van der Waals surface area contributed by atoms with E-state index in [0.717, 1.165) is 5.56 Å². The Bertz CT molecular complexity index is 756. The molecule has 108 valence electrons. The third-order valence-electron chi connectivity index (χ3n) is 2.81. The molecule has 2 heterocycles. The van der Waals surface area contributed by atoms with E-state index in [-0.39, 0.29) is 17.3 Å². The average Bonchev–Trinajstić information content (AvgIpc) is 3.12. The number of thiophene rings is 1. The highest BCUT2D eigenvalue weighted by molar-refractivity contribution is 7.83. The molecule has 1 aromatic carbocycles. The summed E-state index contributed by atoms with van der Waals surface area (Å²) in [6.45, 7) is 0. The molecule has 0 bridgehead atoms. The van der Waals surface area contributed by atoms with Crippen molar-refractivity contribution in [2.24, 2.45) is 0 Å². The van der Waals surface area contributed by atoms with Gasteiger partial charge in [-0.25, -0.2) is 4.39 Å². The van der Waals surface area contributed by atoms with Gasteiger partial charge in [0.25, 0.3) is 0 Å². The SMILES string of the molecule is O=[S@@](Cc1nc(-c2ccsc2)no1)Cc1ccccc1F. The topological polar surface area (TPSA) is 56.0 Å². The van der Waals surface area contributed by atoms with Gasteiger partial charge in [0.15, 0.2) is 0 Å². The zero-order valence-electron chi connectivity index (χ0n) is 10.9. The van der Waals surface area contributed by atoms with Crippen LogP contribution in [0.25, 0.3) is 11.4 Å². The van der Waals surface area contributed by atoms with Crippen LogP contribution in [0.1, 0.15) is 11.5 Å². The van der Waals surface area contributed by atoms with Crippen molar-refractivity contribution in [3.05, 3.63) is 58.4 Å². The first-order chi connectivity index (χ1) is 10.2. The van der Waals surface area contributed by atoms with E-state index in [2.05, 4.69) is 10.1 Å². The van der Waals surface area contributed by atoms with Crippen molar-refractivity contribution in [2.75, 3.05) is 0 Å². The van der Waals surface area contributed by atoms with Gasteiger partial charge in [0.05, 0.1) is 5.75 Å². The Morgan fingerprint density at radius 3 is 2.86 bits per heavy atom. The molecule has 0 spiro atoms. The minimum absolute atomic E-state index is 0.117. The Morgan fingerprint density at radius 1 is 1.24 bits per heavy atom. The van der Waals surface area contributed by atoms with Crippen LogP contribution in [-0.4, -0.2) is 14.3 Å². The minimum Gasteiger partial charge on any atom is -0.338 e. The fourth-order valence-electron chi connectivity index (χ4n) is 1.80. The molecule has 0 N–H and O–H groups in total. The van der Waals surface area contributed by atoms with Gasteiger partial charge in [0, 0.05) is 27.3 Å².